The second-order valence-corrected chi connectivity index (χ2v) is 3.00. The Bertz CT molecular complexity index is 433. The normalized spacial score (nSPS) is 10.4. The number of aromatic nitrogens is 3. The Morgan fingerprint density at radius 3 is 2.93 bits per heavy atom. The molecule has 2 aromatic rings. The Balaban J connectivity index is 2.54. The Labute approximate surface area is 82.4 Å². The van der Waals surface area contributed by atoms with E-state index in [0.717, 1.165) is 23.5 Å². The van der Waals surface area contributed by atoms with Gasteiger partial charge in [0, 0.05) is 36.4 Å². The first-order valence-electron chi connectivity index (χ1n) is 4.54. The van der Waals surface area contributed by atoms with Crippen molar-refractivity contribution in [3.05, 3.63) is 30.7 Å². The molecule has 0 aliphatic carbocycles. The van der Waals surface area contributed by atoms with Crippen LogP contribution in [-0.2, 0) is 6.54 Å². The van der Waals surface area contributed by atoms with E-state index in [1.807, 2.05) is 17.7 Å². The molecule has 0 atom stereocenters. The van der Waals surface area contributed by atoms with Gasteiger partial charge in [-0.3, -0.25) is 9.67 Å². The van der Waals surface area contributed by atoms with Gasteiger partial charge in [-0.15, -0.1) is 0 Å². The van der Waals surface area contributed by atoms with Crippen molar-refractivity contribution in [1.82, 2.24) is 14.8 Å². The lowest BCUT2D eigenvalue weighted by molar-refractivity contribution is 0.667. The average molecular weight is 188 g/mol. The Kier molecular flexibility index (Phi) is 2.18. The van der Waals surface area contributed by atoms with Crippen LogP contribution in [0.3, 0.4) is 0 Å². The standard InChI is InChI=1S/C10H12N4/c1-2-14-10(4-6-13-14)8-7-12-5-3-9(8)11/h3-7H,2H2,1H3,(H2,11,12). The van der Waals surface area contributed by atoms with E-state index in [4.69, 9.17) is 5.73 Å². The van der Waals surface area contributed by atoms with E-state index in [-0.39, 0.29) is 0 Å². The van der Waals surface area contributed by atoms with E-state index < -0.39 is 0 Å². The van der Waals surface area contributed by atoms with Gasteiger partial charge in [-0.2, -0.15) is 5.10 Å². The molecule has 2 N–H and O–H groups in total. The van der Waals surface area contributed by atoms with Gasteiger partial charge in [0.25, 0.3) is 0 Å². The van der Waals surface area contributed by atoms with Gasteiger partial charge < -0.3 is 5.73 Å². The molecule has 0 unspecified atom stereocenters. The first-order chi connectivity index (χ1) is 6.83. The summed E-state index contributed by atoms with van der Waals surface area (Å²) in [5.41, 5.74) is 8.53. The molecule has 0 aliphatic heterocycles. The van der Waals surface area contributed by atoms with Crippen LogP contribution in [0.4, 0.5) is 5.69 Å². The Morgan fingerprint density at radius 2 is 2.21 bits per heavy atom. The molecule has 0 amide bonds. The van der Waals surface area contributed by atoms with Gasteiger partial charge in [-0.05, 0) is 19.1 Å². The molecule has 0 saturated carbocycles. The van der Waals surface area contributed by atoms with Gasteiger partial charge in [0.15, 0.2) is 0 Å². The number of aryl methyl sites for hydroxylation is 1. The van der Waals surface area contributed by atoms with Crippen molar-refractivity contribution in [1.29, 1.82) is 0 Å². The van der Waals surface area contributed by atoms with Crippen LogP contribution in [0.5, 0.6) is 0 Å². The zero-order valence-corrected chi connectivity index (χ0v) is 8.01. The van der Waals surface area contributed by atoms with Gasteiger partial charge in [0.05, 0.1) is 5.69 Å². The first-order valence-corrected chi connectivity index (χ1v) is 4.54. The third kappa shape index (κ3) is 1.35. The van der Waals surface area contributed by atoms with E-state index in [9.17, 15) is 0 Å². The topological polar surface area (TPSA) is 56.7 Å². The quantitative estimate of drug-likeness (QED) is 0.777. The van der Waals surface area contributed by atoms with Crippen molar-refractivity contribution in [2.75, 3.05) is 5.73 Å². The molecule has 4 nitrogen and oxygen atoms in total. The number of hydrogen-bond donors (Lipinski definition) is 1. The van der Waals surface area contributed by atoms with E-state index in [0.29, 0.717) is 0 Å². The molecule has 4 heteroatoms. The molecule has 0 radical (unpaired) electrons. The minimum atomic E-state index is 0.732. The molecule has 14 heavy (non-hydrogen) atoms. The van der Waals surface area contributed by atoms with Gasteiger partial charge in [-0.25, -0.2) is 0 Å². The number of nitrogen functional groups attached to an aromatic ring is 1. The molecular formula is C10H12N4. The average Bonchev–Trinajstić information content (AvgIpc) is 2.66. The van der Waals surface area contributed by atoms with E-state index >= 15 is 0 Å². The highest BCUT2D eigenvalue weighted by atomic mass is 15.3. The number of nitrogens with two attached hydrogens (primary N) is 1. The van der Waals surface area contributed by atoms with Crippen LogP contribution in [0.1, 0.15) is 6.92 Å². The second kappa shape index (κ2) is 3.49. The lowest BCUT2D eigenvalue weighted by Gasteiger charge is -2.06. The molecule has 0 aromatic carbocycles. The molecule has 0 spiro atoms. The summed E-state index contributed by atoms with van der Waals surface area (Å²) in [6.45, 7) is 2.87. The molecular weight excluding hydrogens is 176 g/mol. The first kappa shape index (κ1) is 8.74. The summed E-state index contributed by atoms with van der Waals surface area (Å²) in [6.07, 6.45) is 5.22. The summed E-state index contributed by atoms with van der Waals surface area (Å²) in [5, 5.41) is 4.19. The highest BCUT2D eigenvalue weighted by Crippen LogP contribution is 2.23. The van der Waals surface area contributed by atoms with Crippen molar-refractivity contribution in [2.45, 2.75) is 13.5 Å². The molecule has 2 aromatic heterocycles. The van der Waals surface area contributed by atoms with Crippen molar-refractivity contribution in [3.8, 4) is 11.3 Å². The molecule has 2 heterocycles. The highest BCUT2D eigenvalue weighted by molar-refractivity contribution is 5.72. The van der Waals surface area contributed by atoms with Gasteiger partial charge in [-0.1, -0.05) is 0 Å². The van der Waals surface area contributed by atoms with Crippen LogP contribution >= 0.6 is 0 Å². The smallest absolute Gasteiger partial charge is 0.0718 e. The van der Waals surface area contributed by atoms with Crippen LogP contribution in [0, 0.1) is 0 Å². The monoisotopic (exact) mass is 188 g/mol. The summed E-state index contributed by atoms with van der Waals surface area (Å²) >= 11 is 0. The highest BCUT2D eigenvalue weighted by Gasteiger charge is 2.06. The van der Waals surface area contributed by atoms with Gasteiger partial charge in [0.1, 0.15) is 0 Å². The third-order valence-corrected chi connectivity index (χ3v) is 2.15. The van der Waals surface area contributed by atoms with Crippen molar-refractivity contribution < 1.29 is 0 Å². The zero-order valence-electron chi connectivity index (χ0n) is 8.01. The summed E-state index contributed by atoms with van der Waals surface area (Å²) < 4.78 is 1.90. The lowest BCUT2D eigenvalue weighted by atomic mass is 10.2. The van der Waals surface area contributed by atoms with Crippen molar-refractivity contribution >= 4 is 5.69 Å². The van der Waals surface area contributed by atoms with Crippen LogP contribution in [-0.4, -0.2) is 14.8 Å². The largest absolute Gasteiger partial charge is 0.398 e. The summed E-state index contributed by atoms with van der Waals surface area (Å²) in [5.74, 6) is 0. The Hall–Kier alpha value is -1.84. The summed E-state index contributed by atoms with van der Waals surface area (Å²) in [4.78, 5) is 4.06. The molecule has 0 saturated heterocycles. The molecule has 0 aliphatic rings. The zero-order chi connectivity index (χ0) is 9.97. The molecule has 0 bridgehead atoms. The van der Waals surface area contributed by atoms with E-state index in [2.05, 4.69) is 10.1 Å². The third-order valence-electron chi connectivity index (χ3n) is 2.15. The SMILES string of the molecule is CCn1nccc1-c1cnccc1N. The predicted octanol–water partition coefficient (Wildman–Crippen LogP) is 1.55. The molecule has 2 rings (SSSR count). The predicted molar refractivity (Wildman–Crippen MR) is 55.5 cm³/mol. The Morgan fingerprint density at radius 1 is 1.36 bits per heavy atom. The lowest BCUT2D eigenvalue weighted by Crippen LogP contribution is -2.00. The molecule has 0 fully saturated rings. The number of nitrogens with zero attached hydrogens (tertiary/aromatic N) is 3. The van der Waals surface area contributed by atoms with Gasteiger partial charge in [0.2, 0.25) is 0 Å². The number of hydrogen-bond acceptors (Lipinski definition) is 3. The minimum absolute atomic E-state index is 0.732. The summed E-state index contributed by atoms with van der Waals surface area (Å²) in [7, 11) is 0. The maximum absolute atomic E-state index is 5.85. The summed E-state index contributed by atoms with van der Waals surface area (Å²) in [6, 6.07) is 3.74. The van der Waals surface area contributed by atoms with Crippen molar-refractivity contribution in [3.63, 3.8) is 0 Å². The maximum Gasteiger partial charge on any atom is 0.0718 e. The minimum Gasteiger partial charge on any atom is -0.398 e. The van der Waals surface area contributed by atoms with E-state index in [1.54, 1.807) is 24.7 Å². The van der Waals surface area contributed by atoms with Crippen molar-refractivity contribution in [2.24, 2.45) is 0 Å². The van der Waals surface area contributed by atoms with Crippen LogP contribution < -0.4 is 5.73 Å². The molecule has 72 valence electrons. The maximum atomic E-state index is 5.85. The number of rotatable bonds is 2. The number of pyridine rings is 1. The second-order valence-electron chi connectivity index (χ2n) is 3.00. The van der Waals surface area contributed by atoms with Crippen LogP contribution in [0.25, 0.3) is 11.3 Å². The van der Waals surface area contributed by atoms with E-state index in [1.165, 1.54) is 0 Å². The fourth-order valence-corrected chi connectivity index (χ4v) is 1.43. The van der Waals surface area contributed by atoms with Crippen LogP contribution in [0.2, 0.25) is 0 Å². The fourth-order valence-electron chi connectivity index (χ4n) is 1.43. The van der Waals surface area contributed by atoms with Gasteiger partial charge >= 0.3 is 0 Å². The fraction of sp³-hybridized carbons (Fsp3) is 0.200. The van der Waals surface area contributed by atoms with Crippen LogP contribution in [0.15, 0.2) is 30.7 Å². The number of anilines is 1.